The van der Waals surface area contributed by atoms with Crippen LogP contribution in [0.15, 0.2) is 175 Å². The third kappa shape index (κ3) is 4.57. The van der Waals surface area contributed by atoms with Crippen LogP contribution < -0.4 is 14.4 Å². The first kappa shape index (κ1) is 29.8. The molecule has 5 atom stereocenters. The Bertz CT molecular complexity index is 2450. The summed E-state index contributed by atoms with van der Waals surface area (Å²) in [5.41, 5.74) is 11.6. The summed E-state index contributed by atoms with van der Waals surface area (Å²) < 4.78 is 14.3. The van der Waals surface area contributed by atoms with Crippen molar-refractivity contribution in [3.05, 3.63) is 180 Å². The number of allylic oxidation sites excluding steroid dienone is 6. The fourth-order valence-corrected chi connectivity index (χ4v) is 9.22. The van der Waals surface area contributed by atoms with E-state index in [0.29, 0.717) is 12.0 Å². The van der Waals surface area contributed by atoms with E-state index in [1.54, 1.807) is 5.57 Å². The molecule has 1 saturated heterocycles. The van der Waals surface area contributed by atoms with Gasteiger partial charge in [-0.3, -0.25) is 4.90 Å². The molecule has 4 nitrogen and oxygen atoms in total. The molecule has 4 aliphatic heterocycles. The largest absolute Gasteiger partial charge is 0.460 e. The first-order valence-corrected chi connectivity index (χ1v) is 18.5. The molecular weight excluding hydrogens is 637 g/mol. The summed E-state index contributed by atoms with van der Waals surface area (Å²) in [6.07, 6.45) is 16.5. The van der Waals surface area contributed by atoms with Crippen LogP contribution in [-0.4, -0.2) is 30.1 Å². The van der Waals surface area contributed by atoms with Crippen LogP contribution in [0.4, 0.5) is 5.69 Å². The highest BCUT2D eigenvalue weighted by Crippen LogP contribution is 2.54. The highest BCUT2D eigenvalue weighted by Gasteiger charge is 2.54. The maximum atomic E-state index is 7.23. The molecule has 0 bridgehead atoms. The molecule has 5 aromatic carbocycles. The van der Waals surface area contributed by atoms with E-state index < -0.39 is 5.41 Å². The highest BCUT2D eigenvalue weighted by atomic mass is 16.5. The molecule has 52 heavy (non-hydrogen) atoms. The van der Waals surface area contributed by atoms with Crippen molar-refractivity contribution >= 4 is 5.69 Å². The molecule has 0 aromatic heterocycles. The second kappa shape index (κ2) is 11.3. The van der Waals surface area contributed by atoms with Gasteiger partial charge in [0.05, 0.1) is 17.5 Å². The Morgan fingerprint density at radius 2 is 1.40 bits per heavy atom. The molecule has 5 aromatic rings. The number of anilines is 1. The molecule has 0 spiro atoms. The van der Waals surface area contributed by atoms with Crippen LogP contribution in [0, 0.1) is 5.92 Å². The van der Waals surface area contributed by atoms with Gasteiger partial charge in [0.15, 0.2) is 0 Å². The Hall–Kier alpha value is -5.84. The van der Waals surface area contributed by atoms with Gasteiger partial charge in [-0.1, -0.05) is 109 Å². The maximum Gasteiger partial charge on any atom is 0.137 e. The normalized spacial score (nSPS) is 25.7. The van der Waals surface area contributed by atoms with Crippen LogP contribution >= 0.6 is 0 Å². The minimum Gasteiger partial charge on any atom is -0.460 e. The Labute approximate surface area is 304 Å². The average molecular weight is 675 g/mol. The lowest BCUT2D eigenvalue weighted by Crippen LogP contribution is -2.35. The van der Waals surface area contributed by atoms with Crippen LogP contribution in [-0.2, 0) is 5.41 Å². The average Bonchev–Trinajstić information content (AvgIpc) is 3.75. The lowest BCUT2D eigenvalue weighted by molar-refractivity contribution is 0.314. The molecule has 4 heteroatoms. The monoisotopic (exact) mass is 674 g/mol. The molecule has 2 aliphatic carbocycles. The zero-order chi connectivity index (χ0) is 34.4. The highest BCUT2D eigenvalue weighted by molar-refractivity contribution is 5.84. The van der Waals surface area contributed by atoms with Gasteiger partial charge in [-0.15, -0.1) is 0 Å². The Balaban J connectivity index is 1.09. The second-order valence-electron chi connectivity index (χ2n) is 15.0. The van der Waals surface area contributed by atoms with Crippen molar-refractivity contribution in [2.45, 2.75) is 30.8 Å². The van der Waals surface area contributed by atoms with E-state index in [2.05, 4.69) is 175 Å². The molecular formula is C48H38N2O2. The number of ether oxygens (including phenoxy) is 2. The van der Waals surface area contributed by atoms with E-state index in [1.165, 1.54) is 22.5 Å². The molecule has 4 unspecified atom stereocenters. The molecule has 0 radical (unpaired) electrons. The summed E-state index contributed by atoms with van der Waals surface area (Å²) in [5.74, 6) is 3.85. The van der Waals surface area contributed by atoms with Gasteiger partial charge in [-0.05, 0) is 83.6 Å². The number of nitrogens with zero attached hydrogens (tertiary/aromatic N) is 2. The van der Waals surface area contributed by atoms with Crippen molar-refractivity contribution in [1.29, 1.82) is 0 Å². The number of rotatable bonds is 3. The van der Waals surface area contributed by atoms with E-state index in [1.807, 2.05) is 0 Å². The standard InChI is InChI=1S/C48H38N2O2/c1-48-25-10-9-20-46(48)52-45-28-35(50-41-18-7-5-16-36(41)39-29-49-30-42(49)47(39)50)22-24-38(45)37-23-21-34(27-44(37)51-43-19-8-6-17-40(43)48)33-15-11-14-32(26-33)31-12-3-2-4-13-31/h2-24,26-28,36,41-42H,25,29-30H2,1H3/t36?,41?,42?,48?,49-/m0/s1. The second-order valence-corrected chi connectivity index (χ2v) is 15.0. The summed E-state index contributed by atoms with van der Waals surface area (Å²) in [6.45, 7) is 4.51. The molecule has 0 amide bonds. The Morgan fingerprint density at radius 1 is 0.654 bits per heavy atom. The molecule has 0 saturated carbocycles. The van der Waals surface area contributed by atoms with Crippen molar-refractivity contribution in [3.8, 4) is 50.6 Å². The van der Waals surface area contributed by atoms with Gasteiger partial charge in [-0.25, -0.2) is 0 Å². The van der Waals surface area contributed by atoms with Crippen molar-refractivity contribution in [2.75, 3.05) is 18.0 Å². The summed E-state index contributed by atoms with van der Waals surface area (Å²) in [6, 6.07) is 42.1. The minimum atomic E-state index is -0.414. The Morgan fingerprint density at radius 3 is 2.31 bits per heavy atom. The first-order valence-electron chi connectivity index (χ1n) is 18.5. The SMILES string of the molecule is CC12CC=CC=C1Oc1cc(N3C4=C(C[N@@]5CC45)C4C=CC=CC43)ccc1-c1ccc(-c3cccc(-c4ccccc4)c3)cc1Oc1ccccc12. The molecule has 4 heterocycles. The van der Waals surface area contributed by atoms with Crippen LogP contribution in [0.2, 0.25) is 0 Å². The summed E-state index contributed by atoms with van der Waals surface area (Å²) >= 11 is 0. The van der Waals surface area contributed by atoms with Gasteiger partial charge in [0.25, 0.3) is 0 Å². The van der Waals surface area contributed by atoms with E-state index in [-0.39, 0.29) is 6.04 Å². The summed E-state index contributed by atoms with van der Waals surface area (Å²) in [4.78, 5) is 5.19. The van der Waals surface area contributed by atoms with Crippen LogP contribution in [0.3, 0.4) is 0 Å². The van der Waals surface area contributed by atoms with Gasteiger partial charge in [0, 0.05) is 53.1 Å². The molecule has 0 N–H and O–H groups in total. The van der Waals surface area contributed by atoms with Crippen molar-refractivity contribution < 1.29 is 9.47 Å². The van der Waals surface area contributed by atoms with Crippen molar-refractivity contribution in [2.24, 2.45) is 5.92 Å². The number of benzene rings is 5. The van der Waals surface area contributed by atoms with Gasteiger partial charge in [0.1, 0.15) is 23.0 Å². The van der Waals surface area contributed by atoms with Crippen molar-refractivity contribution in [1.82, 2.24) is 4.90 Å². The smallest absolute Gasteiger partial charge is 0.137 e. The zero-order valence-corrected chi connectivity index (χ0v) is 29.1. The van der Waals surface area contributed by atoms with Crippen LogP contribution in [0.1, 0.15) is 18.9 Å². The fourth-order valence-electron chi connectivity index (χ4n) is 9.22. The topological polar surface area (TPSA) is 24.7 Å². The first-order chi connectivity index (χ1) is 25.6. The quantitative estimate of drug-likeness (QED) is 0.178. The number of para-hydroxylation sites is 1. The Kier molecular flexibility index (Phi) is 6.50. The van der Waals surface area contributed by atoms with Gasteiger partial charge >= 0.3 is 0 Å². The fraction of sp³-hybridized carbons (Fsp3) is 0.167. The lowest BCUT2D eigenvalue weighted by Gasteiger charge is -2.36. The van der Waals surface area contributed by atoms with E-state index in [0.717, 1.165) is 70.3 Å². The maximum absolute atomic E-state index is 7.23. The van der Waals surface area contributed by atoms with E-state index in [9.17, 15) is 0 Å². The molecule has 252 valence electrons. The third-order valence-corrected chi connectivity index (χ3v) is 12.0. The predicted molar refractivity (Wildman–Crippen MR) is 210 cm³/mol. The number of fused-ring (bicyclic) bond motifs is 10. The molecule has 11 rings (SSSR count). The minimum absolute atomic E-state index is 0.286. The molecule has 6 aliphatic rings. The molecule has 1 fully saturated rings. The lowest BCUT2D eigenvalue weighted by atomic mass is 9.75. The van der Waals surface area contributed by atoms with Crippen LogP contribution in [0.25, 0.3) is 33.4 Å². The van der Waals surface area contributed by atoms with Crippen LogP contribution in [0.5, 0.6) is 17.2 Å². The zero-order valence-electron chi connectivity index (χ0n) is 29.1. The van der Waals surface area contributed by atoms with E-state index in [4.69, 9.17) is 9.47 Å². The van der Waals surface area contributed by atoms with Gasteiger partial charge in [0.2, 0.25) is 0 Å². The van der Waals surface area contributed by atoms with E-state index >= 15 is 0 Å². The van der Waals surface area contributed by atoms with Crippen molar-refractivity contribution in [3.63, 3.8) is 0 Å². The number of hydrogen-bond acceptors (Lipinski definition) is 4. The van der Waals surface area contributed by atoms with Gasteiger partial charge < -0.3 is 14.4 Å². The predicted octanol–water partition coefficient (Wildman–Crippen LogP) is 10.9. The summed E-state index contributed by atoms with van der Waals surface area (Å²) in [5, 5.41) is 0. The summed E-state index contributed by atoms with van der Waals surface area (Å²) in [7, 11) is 0. The number of hydrogen-bond donors (Lipinski definition) is 0. The third-order valence-electron chi connectivity index (χ3n) is 12.0. The van der Waals surface area contributed by atoms with Gasteiger partial charge in [-0.2, -0.15) is 0 Å².